The number of imidazole rings is 1. The van der Waals surface area contributed by atoms with E-state index in [0.717, 1.165) is 6.07 Å². The first-order valence-electron chi connectivity index (χ1n) is 4.79. The van der Waals surface area contributed by atoms with Gasteiger partial charge in [-0.05, 0) is 12.1 Å². The molecule has 0 saturated carbocycles. The van der Waals surface area contributed by atoms with Gasteiger partial charge in [-0.25, -0.2) is 14.2 Å². The molecule has 2 aromatic rings. The molecule has 1 aromatic carbocycles. The van der Waals surface area contributed by atoms with Gasteiger partial charge in [0.25, 0.3) is 0 Å². The van der Waals surface area contributed by atoms with Crippen LogP contribution in [0, 0.1) is 5.82 Å². The molecule has 17 heavy (non-hydrogen) atoms. The second kappa shape index (κ2) is 4.25. The first kappa shape index (κ1) is 11.1. The third-order valence-electron chi connectivity index (χ3n) is 2.31. The number of methoxy groups -OCH3 is 1. The summed E-state index contributed by atoms with van der Waals surface area (Å²) in [5.74, 6) is -1.24. The maximum absolute atomic E-state index is 13.8. The highest BCUT2D eigenvalue weighted by molar-refractivity contribution is 5.95. The van der Waals surface area contributed by atoms with E-state index in [1.165, 1.54) is 30.3 Å². The molecule has 5 nitrogen and oxygen atoms in total. The molecule has 0 unspecified atom stereocenters. The summed E-state index contributed by atoms with van der Waals surface area (Å²) in [5.41, 5.74) is 6.06. The van der Waals surface area contributed by atoms with Crippen LogP contribution in [0.2, 0.25) is 0 Å². The average Bonchev–Trinajstić information content (AvgIpc) is 2.84. The van der Waals surface area contributed by atoms with Crippen LogP contribution in [-0.4, -0.2) is 22.6 Å². The number of nitrogen functional groups attached to an aromatic ring is 1. The largest absolute Gasteiger partial charge is 0.465 e. The summed E-state index contributed by atoms with van der Waals surface area (Å²) in [4.78, 5) is 15.1. The Hall–Kier alpha value is -2.37. The van der Waals surface area contributed by atoms with Gasteiger partial charge in [0.05, 0.1) is 24.7 Å². The quantitative estimate of drug-likeness (QED) is 0.630. The first-order valence-corrected chi connectivity index (χ1v) is 4.79. The molecule has 2 N–H and O–H groups in total. The zero-order chi connectivity index (χ0) is 12.4. The summed E-state index contributed by atoms with van der Waals surface area (Å²) in [7, 11) is 1.21. The Morgan fingerprint density at radius 1 is 1.53 bits per heavy atom. The number of esters is 1. The van der Waals surface area contributed by atoms with Crippen molar-refractivity contribution in [3.63, 3.8) is 0 Å². The van der Waals surface area contributed by atoms with E-state index in [9.17, 15) is 9.18 Å². The molecule has 0 aliphatic heterocycles. The predicted octanol–water partition coefficient (Wildman–Crippen LogP) is 1.38. The SMILES string of the molecule is COC(=O)c1cc(F)c(-n2ccnc2)cc1N. The van der Waals surface area contributed by atoms with Crippen molar-refractivity contribution in [1.29, 1.82) is 0 Å². The molecule has 0 atom stereocenters. The first-order chi connectivity index (χ1) is 8.13. The van der Waals surface area contributed by atoms with E-state index >= 15 is 0 Å². The predicted molar refractivity (Wildman–Crippen MR) is 59.3 cm³/mol. The van der Waals surface area contributed by atoms with Gasteiger partial charge in [-0.15, -0.1) is 0 Å². The zero-order valence-electron chi connectivity index (χ0n) is 9.05. The van der Waals surface area contributed by atoms with Crippen molar-refractivity contribution in [1.82, 2.24) is 9.55 Å². The third-order valence-corrected chi connectivity index (χ3v) is 2.31. The van der Waals surface area contributed by atoms with Crippen LogP contribution in [-0.2, 0) is 4.74 Å². The summed E-state index contributed by atoms with van der Waals surface area (Å²) in [6.07, 6.45) is 4.54. The van der Waals surface area contributed by atoms with Crippen molar-refractivity contribution in [3.05, 3.63) is 42.2 Å². The van der Waals surface area contributed by atoms with E-state index in [4.69, 9.17) is 5.73 Å². The molecular weight excluding hydrogens is 225 g/mol. The molecule has 0 amide bonds. The van der Waals surface area contributed by atoms with Crippen molar-refractivity contribution < 1.29 is 13.9 Å². The number of aromatic nitrogens is 2. The minimum atomic E-state index is -0.668. The van der Waals surface area contributed by atoms with Gasteiger partial charge in [-0.1, -0.05) is 0 Å². The molecule has 1 heterocycles. The van der Waals surface area contributed by atoms with Gasteiger partial charge >= 0.3 is 5.97 Å². The highest BCUT2D eigenvalue weighted by atomic mass is 19.1. The summed E-state index contributed by atoms with van der Waals surface area (Å²) in [6, 6.07) is 2.42. The Morgan fingerprint density at radius 2 is 2.29 bits per heavy atom. The molecule has 0 aliphatic carbocycles. The molecule has 0 fully saturated rings. The van der Waals surface area contributed by atoms with Gasteiger partial charge in [-0.2, -0.15) is 0 Å². The normalized spacial score (nSPS) is 10.2. The number of benzene rings is 1. The average molecular weight is 235 g/mol. The minimum Gasteiger partial charge on any atom is -0.465 e. The molecule has 1 aromatic heterocycles. The number of ether oxygens (including phenoxy) is 1. The minimum absolute atomic E-state index is 0.00821. The number of nitrogens with two attached hydrogens (primary N) is 1. The van der Waals surface area contributed by atoms with Gasteiger partial charge in [0.1, 0.15) is 5.82 Å². The third kappa shape index (κ3) is 1.96. The van der Waals surface area contributed by atoms with E-state index in [1.807, 2.05) is 0 Å². The van der Waals surface area contributed by atoms with E-state index in [0.29, 0.717) is 0 Å². The smallest absolute Gasteiger partial charge is 0.340 e. The van der Waals surface area contributed by atoms with Crippen LogP contribution in [0.15, 0.2) is 30.9 Å². The lowest BCUT2D eigenvalue weighted by Gasteiger charge is -2.08. The van der Waals surface area contributed by atoms with Crippen LogP contribution in [0.25, 0.3) is 5.69 Å². The lowest BCUT2D eigenvalue weighted by molar-refractivity contribution is 0.0601. The second-order valence-corrected chi connectivity index (χ2v) is 3.35. The van der Waals surface area contributed by atoms with Crippen LogP contribution < -0.4 is 5.73 Å². The van der Waals surface area contributed by atoms with Crippen LogP contribution in [0.5, 0.6) is 0 Å². The number of nitrogens with zero attached hydrogens (tertiary/aromatic N) is 2. The fourth-order valence-corrected chi connectivity index (χ4v) is 1.46. The molecule has 0 spiro atoms. The maximum atomic E-state index is 13.8. The van der Waals surface area contributed by atoms with Gasteiger partial charge in [0.15, 0.2) is 0 Å². The summed E-state index contributed by atoms with van der Waals surface area (Å²) in [5, 5.41) is 0. The fraction of sp³-hybridized carbons (Fsp3) is 0.0909. The number of anilines is 1. The monoisotopic (exact) mass is 235 g/mol. The van der Waals surface area contributed by atoms with Gasteiger partial charge in [0.2, 0.25) is 0 Å². The van der Waals surface area contributed by atoms with Crippen LogP contribution in [0.3, 0.4) is 0 Å². The van der Waals surface area contributed by atoms with E-state index in [1.54, 1.807) is 6.20 Å². The number of hydrogen-bond donors (Lipinski definition) is 1. The molecule has 6 heteroatoms. The zero-order valence-corrected chi connectivity index (χ0v) is 9.05. The number of hydrogen-bond acceptors (Lipinski definition) is 4. The summed E-state index contributed by atoms with van der Waals surface area (Å²) in [6.45, 7) is 0. The maximum Gasteiger partial charge on any atom is 0.340 e. The Labute approximate surface area is 96.6 Å². The van der Waals surface area contributed by atoms with Crippen molar-refractivity contribution in [2.45, 2.75) is 0 Å². The Kier molecular flexibility index (Phi) is 2.78. The molecule has 0 saturated heterocycles. The van der Waals surface area contributed by atoms with Gasteiger partial charge in [-0.3, -0.25) is 0 Å². The molecule has 2 rings (SSSR count). The lowest BCUT2D eigenvalue weighted by Crippen LogP contribution is -2.08. The highest BCUT2D eigenvalue weighted by Gasteiger charge is 2.15. The van der Waals surface area contributed by atoms with Gasteiger partial charge in [0, 0.05) is 18.1 Å². The Bertz CT molecular complexity index is 552. The molecule has 88 valence electrons. The molecule has 0 radical (unpaired) electrons. The van der Waals surface area contributed by atoms with Crippen molar-refractivity contribution in [2.24, 2.45) is 0 Å². The van der Waals surface area contributed by atoms with Crippen molar-refractivity contribution >= 4 is 11.7 Å². The van der Waals surface area contributed by atoms with Crippen molar-refractivity contribution in [3.8, 4) is 5.69 Å². The summed E-state index contributed by atoms with van der Waals surface area (Å²) < 4.78 is 19.7. The van der Waals surface area contributed by atoms with E-state index in [2.05, 4.69) is 9.72 Å². The number of carbonyl (C=O) groups is 1. The lowest BCUT2D eigenvalue weighted by atomic mass is 10.1. The Balaban J connectivity index is 2.53. The van der Waals surface area contributed by atoms with Crippen LogP contribution in [0.4, 0.5) is 10.1 Å². The van der Waals surface area contributed by atoms with Gasteiger partial charge < -0.3 is 15.0 Å². The summed E-state index contributed by atoms with van der Waals surface area (Å²) >= 11 is 0. The molecule has 0 aliphatic rings. The van der Waals surface area contributed by atoms with E-state index in [-0.39, 0.29) is 16.9 Å². The topological polar surface area (TPSA) is 70.1 Å². The standard InChI is InChI=1S/C11H10FN3O2/c1-17-11(16)7-4-8(12)10(5-9(7)13)15-3-2-14-6-15/h2-6H,13H2,1H3. The van der Waals surface area contributed by atoms with E-state index < -0.39 is 11.8 Å². The van der Waals surface area contributed by atoms with Crippen LogP contribution >= 0.6 is 0 Å². The molecule has 0 bridgehead atoms. The fourth-order valence-electron chi connectivity index (χ4n) is 1.46. The Morgan fingerprint density at radius 3 is 2.88 bits per heavy atom. The van der Waals surface area contributed by atoms with Crippen LogP contribution in [0.1, 0.15) is 10.4 Å². The molecular formula is C11H10FN3O2. The highest BCUT2D eigenvalue weighted by Crippen LogP contribution is 2.21. The van der Waals surface area contributed by atoms with Crippen molar-refractivity contribution in [2.75, 3.05) is 12.8 Å². The number of carbonyl (C=O) groups excluding carboxylic acids is 1. The number of rotatable bonds is 2. The second-order valence-electron chi connectivity index (χ2n) is 3.35. The number of halogens is 1.